The van der Waals surface area contributed by atoms with E-state index in [1.54, 1.807) is 6.26 Å². The average Bonchev–Trinajstić information content (AvgIpc) is 1.69. The molecule has 0 spiro atoms. The highest BCUT2D eigenvalue weighted by Gasteiger charge is 2.47. The Balaban J connectivity index is 1.99. The number of aliphatic hydroxyl groups excluding tert-OH is 3. The van der Waals surface area contributed by atoms with Gasteiger partial charge in [-0.15, -0.1) is 0 Å². The highest BCUT2D eigenvalue weighted by molar-refractivity contribution is 7.98. The lowest BCUT2D eigenvalue weighted by Gasteiger charge is -2.33. The molecule has 0 radical (unpaired) electrons. The Bertz CT molecular complexity index is 4490. The number of guanidine groups is 4. The van der Waals surface area contributed by atoms with E-state index in [-0.39, 0.29) is 187 Å². The van der Waals surface area contributed by atoms with Crippen molar-refractivity contribution in [2.45, 2.75) is 296 Å². The molecule has 3 fully saturated rings. The lowest BCUT2D eigenvalue weighted by Crippen LogP contribution is -2.62. The molecule has 0 aromatic heterocycles. The first kappa shape index (κ1) is 125. The molecule has 3 saturated heterocycles. The molecule has 0 aromatic rings. The first-order valence-corrected chi connectivity index (χ1v) is 49.0. The highest BCUT2D eigenvalue weighted by atomic mass is 32.2. The molecular weight excluding hydrogens is 1930 g/mol. The molecular formula is C84H149N35O25S. The summed E-state index contributed by atoms with van der Waals surface area (Å²) in [6.45, 7) is 0.677. The Morgan fingerprint density at radius 1 is 0.338 bits per heavy atom. The predicted octanol–water partition coefficient (Wildman–Crippen LogP) is -15.6. The van der Waals surface area contributed by atoms with Gasteiger partial charge in [0, 0.05) is 52.2 Å². The van der Waals surface area contributed by atoms with Gasteiger partial charge in [-0.1, -0.05) is 0 Å². The van der Waals surface area contributed by atoms with Gasteiger partial charge < -0.3 is 189 Å². The molecule has 3 aliphatic rings. The number of nitrogens with zero attached hydrogens (tertiary/aromatic N) is 3. The fourth-order valence-electron chi connectivity index (χ4n) is 15.8. The molecule has 0 aliphatic carbocycles. The van der Waals surface area contributed by atoms with Gasteiger partial charge in [0.15, 0.2) is 23.8 Å². The van der Waals surface area contributed by atoms with E-state index in [1.165, 1.54) is 16.7 Å². The Morgan fingerprint density at radius 2 is 0.614 bits per heavy atom. The van der Waals surface area contributed by atoms with Crippen molar-refractivity contribution in [2.75, 3.05) is 77.5 Å². The van der Waals surface area contributed by atoms with Crippen LogP contribution in [0.1, 0.15) is 181 Å². The summed E-state index contributed by atoms with van der Waals surface area (Å²) in [5.74, 6) is -24.8. The number of carboxylic acid groups (broad SMARTS) is 1. The van der Waals surface area contributed by atoms with Crippen molar-refractivity contribution in [2.24, 2.45) is 63.1 Å². The van der Waals surface area contributed by atoms with Crippen molar-refractivity contribution in [1.29, 1.82) is 21.6 Å². The van der Waals surface area contributed by atoms with Crippen LogP contribution in [0.5, 0.6) is 0 Å². The molecule has 20 amide bonds. The van der Waals surface area contributed by atoms with Crippen molar-refractivity contribution in [3.8, 4) is 0 Å². The van der Waals surface area contributed by atoms with Gasteiger partial charge in [0.05, 0.1) is 44.1 Å². The second kappa shape index (κ2) is 65.4. The van der Waals surface area contributed by atoms with Gasteiger partial charge in [0.2, 0.25) is 118 Å². The number of nitrogens with one attached hydrogen (secondary N) is 21. The van der Waals surface area contributed by atoms with E-state index >= 15 is 4.79 Å². The number of aliphatic hydroxyl groups is 3. The minimum absolute atomic E-state index is 0.0154. The Hall–Kier alpha value is -13.9. The van der Waals surface area contributed by atoms with Gasteiger partial charge in [-0.25, -0.2) is 4.79 Å². The summed E-state index contributed by atoms with van der Waals surface area (Å²) < 4.78 is 0. The smallest absolute Gasteiger partial charge is 0.326 e. The van der Waals surface area contributed by atoms with E-state index in [9.17, 15) is 116 Å². The summed E-state index contributed by atoms with van der Waals surface area (Å²) in [6.07, 6.45) is -5.89. The number of aliphatic carboxylic acids is 1. The molecule has 0 saturated carbocycles. The summed E-state index contributed by atoms with van der Waals surface area (Å²) in [4.78, 5) is 296. The second-order valence-electron chi connectivity index (χ2n) is 35.1. The van der Waals surface area contributed by atoms with Crippen LogP contribution in [-0.2, 0) is 101 Å². The van der Waals surface area contributed by atoms with Crippen LogP contribution in [-0.4, -0.2) is 376 Å². The average molecular weight is 2080 g/mol. The fourth-order valence-corrected chi connectivity index (χ4v) is 16.3. The summed E-state index contributed by atoms with van der Waals surface area (Å²) in [6, 6.07) is -28.2. The van der Waals surface area contributed by atoms with Crippen LogP contribution in [0.15, 0.2) is 0 Å². The minimum atomic E-state index is -2.16. The fraction of sp³-hybridized carbons (Fsp3) is 0.702. The Labute approximate surface area is 840 Å². The molecule has 0 unspecified atom stereocenters. The van der Waals surface area contributed by atoms with Crippen LogP contribution in [0, 0.1) is 21.6 Å². The van der Waals surface area contributed by atoms with Crippen molar-refractivity contribution in [3.63, 3.8) is 0 Å². The number of hydrogen-bond acceptors (Lipinski definition) is 32. The monoisotopic (exact) mass is 2080 g/mol. The van der Waals surface area contributed by atoms with E-state index in [4.69, 9.17) is 84.7 Å². The largest absolute Gasteiger partial charge is 0.480 e. The summed E-state index contributed by atoms with van der Waals surface area (Å²) in [5, 5.41) is 113. The number of thioether (sulfide) groups is 1. The van der Waals surface area contributed by atoms with Crippen LogP contribution in [0.25, 0.3) is 0 Å². The van der Waals surface area contributed by atoms with Gasteiger partial charge in [-0.3, -0.25) is 118 Å². The van der Waals surface area contributed by atoms with Crippen LogP contribution in [0.3, 0.4) is 0 Å². The molecule has 19 atom stereocenters. The van der Waals surface area contributed by atoms with Crippen LogP contribution in [0.4, 0.5) is 0 Å². The molecule has 60 nitrogen and oxygen atoms in total. The summed E-state index contributed by atoms with van der Waals surface area (Å²) >= 11 is 1.40. The summed E-state index contributed by atoms with van der Waals surface area (Å²) in [5.41, 5.74) is 61.7. The number of nitrogens with two attached hydrogens (primary N) is 11. The summed E-state index contributed by atoms with van der Waals surface area (Å²) in [7, 11) is 0. The topological polar surface area (TPSA) is 1040 Å². The molecule has 47 N–H and O–H groups in total. The SMILES string of the molecule is CSCC[C@H](N)C(=O)N[C@@H](CO)C(=O)N[C@H](C(=O)N[C@@H](CC(N)=O)C(=O)N1CCC[C@H]1C(=O)N[C@@H](CCCCN)C(=O)N1CCC[C@H]1C(=O)N[C@@H](CCC(N)=O)C(=O)N1CCC[C@H]1C(=O)N[C@@H](CCCNC(=N)N)C(=O)N[C@@H](CCCCN)C(=O)N[C@@H](CCCNC(=N)N)C(=O)N[C@@H](CC(N)=O)C(=O)N[C@H](C(=O)N[C@@H](CC(N)=O)C(=O)N[C@@H](CCCNC(=N)N)C(=O)N[C@@H](CCCNC(=N)N)C(=O)O)[C@@H](C)O)[C@@H](C)O. The highest BCUT2D eigenvalue weighted by Crippen LogP contribution is 2.26. The van der Waals surface area contributed by atoms with Gasteiger partial charge in [0.1, 0.15) is 96.7 Å². The predicted molar refractivity (Wildman–Crippen MR) is 521 cm³/mol. The molecule has 145 heavy (non-hydrogen) atoms. The zero-order valence-electron chi connectivity index (χ0n) is 81.6. The molecule has 0 bridgehead atoms. The van der Waals surface area contributed by atoms with Crippen molar-refractivity contribution in [1.82, 2.24) is 105 Å². The lowest BCUT2D eigenvalue weighted by atomic mass is 10.0. The Kier molecular flexibility index (Phi) is 56.4. The van der Waals surface area contributed by atoms with Gasteiger partial charge >= 0.3 is 5.97 Å². The standard InChI is InChI=1S/C84H149N35O25S/c1-41(121)62(75(138)112-51(37-59(89)124)69(132)106-45(17-8-29-100-81(92)93)67(130)110-50(80(143)144)20-11-32-103-84(98)99)115-70(133)52(38-60(90)125)111-68(131)46(18-9-30-101-82(94)95)105-65(128)44(15-4-6-27-85)104-66(129)47(19-10-31-102-83(96)97)107-72(135)55-21-12-34-118(55)78(141)49(24-25-58(88)123)109-74(137)56-22-13-33-117(56)77(140)48(16-5-7-28-86)108-73(136)57-23-14-35-119(57)79(142)53(39-61(91)126)113-76(139)63(42(2)122)116-71(134)54(40-120)114-64(127)43(87)26-36-145-3/h41-57,62-63,120-122H,4-40,85-87H2,1-3H3,(H2,88,123)(H2,89,124)(H2,90,125)(H2,91,126)(H,104,129)(H,105,128)(H,106,132)(H,107,135)(H,108,136)(H,109,137)(H,110,130)(H,111,131)(H,112,138)(H,113,139)(H,114,127)(H,115,133)(H,116,134)(H,143,144)(H4,92,93,100)(H4,94,95,101)(H4,96,97,102)(H4,98,99,103)/t41-,42-,43+,44+,45+,46+,47+,48+,49+,50+,51+,52+,53+,54+,55+,56+,57+,62+,63+/m1/s1. The molecule has 3 aliphatic heterocycles. The first-order valence-electron chi connectivity index (χ1n) is 47.6. The van der Waals surface area contributed by atoms with Gasteiger partial charge in [-0.2, -0.15) is 11.8 Å². The second-order valence-corrected chi connectivity index (χ2v) is 36.1. The zero-order chi connectivity index (χ0) is 109. The number of primary amides is 4. The van der Waals surface area contributed by atoms with E-state index in [1.807, 2.05) is 0 Å². The third kappa shape index (κ3) is 45.3. The molecule has 0 aromatic carbocycles. The number of amides is 20. The Morgan fingerprint density at radius 3 is 0.945 bits per heavy atom. The van der Waals surface area contributed by atoms with Crippen molar-refractivity contribution >= 4 is 160 Å². The third-order valence-electron chi connectivity index (χ3n) is 23.4. The normalized spacial score (nSPS) is 17.5. The van der Waals surface area contributed by atoms with Crippen LogP contribution >= 0.6 is 11.8 Å². The van der Waals surface area contributed by atoms with Gasteiger partial charge in [-0.05, 0) is 180 Å². The maximum absolute atomic E-state index is 15.1. The maximum Gasteiger partial charge on any atom is 0.326 e. The van der Waals surface area contributed by atoms with Crippen molar-refractivity contribution < 1.29 is 121 Å². The molecule has 816 valence electrons. The quantitative estimate of drug-likeness (QED) is 0.0153. The lowest BCUT2D eigenvalue weighted by molar-refractivity contribution is -0.146. The molecule has 61 heteroatoms. The molecule has 3 rings (SSSR count). The number of likely N-dealkylation sites (tertiary alicyclic amines) is 3. The molecule has 3 heterocycles. The van der Waals surface area contributed by atoms with Crippen LogP contribution in [0.2, 0.25) is 0 Å². The zero-order valence-corrected chi connectivity index (χ0v) is 82.4. The third-order valence-corrected chi connectivity index (χ3v) is 24.1. The van der Waals surface area contributed by atoms with E-state index in [2.05, 4.69) is 90.4 Å². The first-order chi connectivity index (χ1) is 68.4. The number of carbonyl (C=O) groups is 21. The number of unbranched alkanes of at least 4 members (excludes halogenated alkanes) is 2. The number of carboxylic acids is 1. The van der Waals surface area contributed by atoms with E-state index in [0.717, 1.165) is 23.6 Å². The minimum Gasteiger partial charge on any atom is -0.480 e. The van der Waals surface area contributed by atoms with Crippen molar-refractivity contribution in [3.05, 3.63) is 0 Å². The number of rotatable bonds is 69. The van der Waals surface area contributed by atoms with E-state index in [0.29, 0.717) is 12.2 Å². The van der Waals surface area contributed by atoms with Gasteiger partial charge in [0.25, 0.3) is 0 Å². The van der Waals surface area contributed by atoms with Crippen LogP contribution < -0.4 is 153 Å². The maximum atomic E-state index is 15.1. The number of hydrogen-bond donors (Lipinski definition) is 36. The van der Waals surface area contributed by atoms with E-state index < -0.39 is 302 Å². The number of carbonyl (C=O) groups excluding carboxylic acids is 20.